The number of hydrogen-bond acceptors (Lipinski definition) is 2. The summed E-state index contributed by atoms with van der Waals surface area (Å²) in [5, 5.41) is 7.89. The Morgan fingerprint density at radius 2 is 1.85 bits per heavy atom. The van der Waals surface area contributed by atoms with Crippen LogP contribution < -0.4 is 10.6 Å². The summed E-state index contributed by atoms with van der Waals surface area (Å²) in [4.78, 5) is 12.4. The van der Waals surface area contributed by atoms with E-state index in [9.17, 15) is 4.79 Å². The lowest BCUT2D eigenvalue weighted by molar-refractivity contribution is -0.121. The quantitative estimate of drug-likeness (QED) is 0.810. The predicted octanol–water partition coefficient (Wildman–Crippen LogP) is 4.02. The van der Waals surface area contributed by atoms with Crippen molar-refractivity contribution in [2.24, 2.45) is 5.92 Å². The molecule has 4 heteroatoms. The number of fused-ring (bicyclic) bond motifs is 1. The summed E-state index contributed by atoms with van der Waals surface area (Å²) in [5.41, 5.74) is 2.65. The normalized spacial score (nSPS) is 19.4. The van der Waals surface area contributed by atoms with Gasteiger partial charge in [-0.2, -0.15) is 0 Å². The maximum absolute atomic E-state index is 12.4. The van der Waals surface area contributed by atoms with Gasteiger partial charge in [0.1, 0.15) is 0 Å². The third kappa shape index (κ3) is 4.73. The highest BCUT2D eigenvalue weighted by Crippen LogP contribution is 2.29. The lowest BCUT2D eigenvalue weighted by Gasteiger charge is -2.23. The van der Waals surface area contributed by atoms with Gasteiger partial charge in [-0.1, -0.05) is 37.5 Å². The van der Waals surface area contributed by atoms with E-state index in [4.69, 9.17) is 0 Å². The minimum Gasteiger partial charge on any atom is -0.353 e. The van der Waals surface area contributed by atoms with Crippen LogP contribution in [0.2, 0.25) is 0 Å². The van der Waals surface area contributed by atoms with Crippen molar-refractivity contribution in [1.82, 2.24) is 15.2 Å². The number of para-hydroxylation sites is 1. The summed E-state index contributed by atoms with van der Waals surface area (Å²) in [6.45, 7) is 3.15. The molecule has 4 nitrogen and oxygen atoms in total. The zero-order valence-corrected chi connectivity index (χ0v) is 16.4. The summed E-state index contributed by atoms with van der Waals surface area (Å²) in [6.07, 6.45) is 12.7. The van der Waals surface area contributed by atoms with E-state index in [0.29, 0.717) is 12.5 Å². The molecule has 0 spiro atoms. The molecule has 27 heavy (non-hydrogen) atoms. The largest absolute Gasteiger partial charge is 0.353 e. The summed E-state index contributed by atoms with van der Waals surface area (Å²) in [5.74, 6) is 1.01. The van der Waals surface area contributed by atoms with Gasteiger partial charge in [-0.25, -0.2) is 0 Å². The number of amides is 1. The first kappa shape index (κ1) is 18.5. The maximum Gasteiger partial charge on any atom is 0.220 e. The van der Waals surface area contributed by atoms with E-state index in [1.807, 2.05) is 0 Å². The topological polar surface area (TPSA) is 46.1 Å². The Morgan fingerprint density at radius 1 is 1.07 bits per heavy atom. The van der Waals surface area contributed by atoms with Crippen LogP contribution in [0.25, 0.3) is 10.9 Å². The molecule has 2 fully saturated rings. The van der Waals surface area contributed by atoms with Gasteiger partial charge in [-0.3, -0.25) is 4.79 Å². The Bertz CT molecular complexity index is 754. The number of nitrogens with one attached hydrogen (secondary N) is 2. The van der Waals surface area contributed by atoms with E-state index in [2.05, 4.69) is 45.7 Å². The first-order valence-corrected chi connectivity index (χ1v) is 10.9. The van der Waals surface area contributed by atoms with Gasteiger partial charge >= 0.3 is 0 Å². The number of carbonyl (C=O) groups excluding carboxylic acids is 1. The van der Waals surface area contributed by atoms with E-state index in [0.717, 1.165) is 44.8 Å². The van der Waals surface area contributed by atoms with Crippen molar-refractivity contribution in [2.75, 3.05) is 13.1 Å². The average Bonchev–Trinajstić information content (AvgIpc) is 3.06. The van der Waals surface area contributed by atoms with E-state index in [1.165, 1.54) is 48.6 Å². The van der Waals surface area contributed by atoms with E-state index in [-0.39, 0.29) is 5.91 Å². The number of rotatable bonds is 6. The molecule has 1 aromatic heterocycles. The van der Waals surface area contributed by atoms with Crippen molar-refractivity contribution >= 4 is 16.8 Å². The highest BCUT2D eigenvalue weighted by Gasteiger charge is 2.18. The fraction of sp³-hybridized carbons (Fsp3) is 0.609. The lowest BCUT2D eigenvalue weighted by Crippen LogP contribution is -2.42. The molecule has 0 radical (unpaired) electrons. The van der Waals surface area contributed by atoms with Gasteiger partial charge in [0.2, 0.25) is 5.91 Å². The summed E-state index contributed by atoms with van der Waals surface area (Å²) in [7, 11) is 0. The molecule has 1 amide bonds. The van der Waals surface area contributed by atoms with Gasteiger partial charge < -0.3 is 15.2 Å². The van der Waals surface area contributed by atoms with Crippen LogP contribution in [0.5, 0.6) is 0 Å². The van der Waals surface area contributed by atoms with Crippen molar-refractivity contribution in [3.63, 3.8) is 0 Å². The number of hydrogen-bond donors (Lipinski definition) is 2. The minimum atomic E-state index is 0.200. The monoisotopic (exact) mass is 367 g/mol. The second kappa shape index (κ2) is 8.92. The molecule has 2 aliphatic rings. The Kier molecular flexibility index (Phi) is 6.13. The second-order valence-electron chi connectivity index (χ2n) is 8.42. The third-order valence-electron chi connectivity index (χ3n) is 6.38. The van der Waals surface area contributed by atoms with E-state index < -0.39 is 0 Å². The zero-order chi connectivity index (χ0) is 18.5. The van der Waals surface area contributed by atoms with Crippen LogP contribution in [-0.2, 0) is 17.8 Å². The molecule has 146 valence electrons. The minimum absolute atomic E-state index is 0.200. The van der Waals surface area contributed by atoms with Gasteiger partial charge in [0.15, 0.2) is 0 Å². The number of aromatic nitrogens is 1. The first-order chi connectivity index (χ1) is 13.3. The number of benzene rings is 1. The maximum atomic E-state index is 12.4. The van der Waals surface area contributed by atoms with Gasteiger partial charge in [0.25, 0.3) is 0 Å². The summed E-state index contributed by atoms with van der Waals surface area (Å²) < 4.78 is 2.45. The number of nitrogens with zero attached hydrogens (tertiary/aromatic N) is 1. The number of carbonyl (C=O) groups is 1. The van der Waals surface area contributed by atoms with Crippen LogP contribution in [-0.4, -0.2) is 29.6 Å². The van der Waals surface area contributed by atoms with Gasteiger partial charge in [-0.15, -0.1) is 0 Å². The summed E-state index contributed by atoms with van der Waals surface area (Å²) in [6, 6.07) is 9.05. The second-order valence-corrected chi connectivity index (χ2v) is 8.42. The van der Waals surface area contributed by atoms with Crippen molar-refractivity contribution < 1.29 is 4.79 Å². The standard InChI is InChI=1S/C23H33N3O/c27-23(25-20-12-14-24-15-13-20)11-10-19-17-26(16-18-6-2-1-3-7-18)22-9-5-4-8-21(19)22/h4-5,8-9,17-18,20,24H,1-3,6-7,10-16H2,(H,25,27). The number of piperidine rings is 1. The zero-order valence-electron chi connectivity index (χ0n) is 16.4. The van der Waals surface area contributed by atoms with Crippen LogP contribution in [0.15, 0.2) is 30.5 Å². The van der Waals surface area contributed by atoms with Crippen LogP contribution in [0.1, 0.15) is 56.9 Å². The molecule has 1 saturated carbocycles. The average molecular weight is 368 g/mol. The van der Waals surface area contributed by atoms with Gasteiger partial charge in [-0.05, 0) is 62.7 Å². The van der Waals surface area contributed by atoms with E-state index >= 15 is 0 Å². The fourth-order valence-electron chi connectivity index (χ4n) is 4.84. The van der Waals surface area contributed by atoms with Crippen molar-refractivity contribution in [3.05, 3.63) is 36.0 Å². The van der Waals surface area contributed by atoms with Crippen LogP contribution >= 0.6 is 0 Å². The Labute approximate surface area is 162 Å². The molecule has 1 aromatic carbocycles. The van der Waals surface area contributed by atoms with Crippen molar-refractivity contribution in [3.8, 4) is 0 Å². The predicted molar refractivity (Wildman–Crippen MR) is 111 cm³/mol. The molecule has 2 aromatic rings. The Morgan fingerprint density at radius 3 is 2.67 bits per heavy atom. The molecular formula is C23H33N3O. The first-order valence-electron chi connectivity index (χ1n) is 10.9. The molecule has 0 bridgehead atoms. The number of aryl methyl sites for hydroxylation is 1. The third-order valence-corrected chi connectivity index (χ3v) is 6.38. The smallest absolute Gasteiger partial charge is 0.220 e. The SMILES string of the molecule is O=C(CCc1cn(CC2CCCCC2)c2ccccc12)NC1CCNCC1. The molecule has 2 N–H and O–H groups in total. The molecule has 1 aliphatic carbocycles. The highest BCUT2D eigenvalue weighted by molar-refractivity contribution is 5.85. The van der Waals surface area contributed by atoms with E-state index in [1.54, 1.807) is 0 Å². The van der Waals surface area contributed by atoms with Crippen LogP contribution in [0.4, 0.5) is 0 Å². The molecule has 4 rings (SSSR count). The Hall–Kier alpha value is -1.81. The molecule has 0 atom stereocenters. The molecule has 1 aliphatic heterocycles. The highest BCUT2D eigenvalue weighted by atomic mass is 16.1. The summed E-state index contributed by atoms with van der Waals surface area (Å²) >= 11 is 0. The molecule has 1 saturated heterocycles. The lowest BCUT2D eigenvalue weighted by atomic mass is 9.89. The fourth-order valence-corrected chi connectivity index (χ4v) is 4.84. The molecular weight excluding hydrogens is 334 g/mol. The van der Waals surface area contributed by atoms with Gasteiger partial charge in [0, 0.05) is 36.1 Å². The molecule has 2 heterocycles. The molecule has 0 unspecified atom stereocenters. The van der Waals surface area contributed by atoms with Crippen molar-refractivity contribution in [1.29, 1.82) is 0 Å². The van der Waals surface area contributed by atoms with Crippen molar-refractivity contribution in [2.45, 2.75) is 70.4 Å². The Balaban J connectivity index is 1.41. The van der Waals surface area contributed by atoms with Crippen LogP contribution in [0, 0.1) is 5.92 Å². The van der Waals surface area contributed by atoms with Crippen LogP contribution in [0.3, 0.4) is 0 Å². The van der Waals surface area contributed by atoms with Gasteiger partial charge in [0.05, 0.1) is 0 Å².